The van der Waals surface area contributed by atoms with Gasteiger partial charge in [0, 0.05) is 9.75 Å². The molecule has 1 aliphatic rings. The molecule has 5 rings (SSSR count). The van der Waals surface area contributed by atoms with E-state index in [2.05, 4.69) is 97.9 Å². The van der Waals surface area contributed by atoms with Gasteiger partial charge in [0.1, 0.15) is 0 Å². The van der Waals surface area contributed by atoms with Gasteiger partial charge in [0.05, 0.1) is 0 Å². The SMILES string of the molecule is CCCCCCc1ccc(-c2cccc3c2C=C(c2ccc(-c4ccccc4)s2)C3)cc1. The van der Waals surface area contributed by atoms with E-state index < -0.39 is 0 Å². The van der Waals surface area contributed by atoms with E-state index in [4.69, 9.17) is 0 Å². The quantitative estimate of drug-likeness (QED) is 0.242. The molecule has 1 aliphatic carbocycles. The lowest BCUT2D eigenvalue weighted by Gasteiger charge is -2.09. The maximum Gasteiger partial charge on any atom is 0.0349 e. The minimum absolute atomic E-state index is 1.02. The van der Waals surface area contributed by atoms with Gasteiger partial charge in [0.2, 0.25) is 0 Å². The van der Waals surface area contributed by atoms with Gasteiger partial charge in [-0.05, 0) is 76.4 Å². The Hall–Kier alpha value is -2.90. The highest BCUT2D eigenvalue weighted by molar-refractivity contribution is 7.16. The first-order valence-corrected chi connectivity index (χ1v) is 12.7. The number of unbranched alkanes of at least 4 members (excludes halogenated alkanes) is 3. The second kappa shape index (κ2) is 9.71. The molecule has 0 unspecified atom stereocenters. The molecule has 0 spiro atoms. The van der Waals surface area contributed by atoms with Gasteiger partial charge in [-0.25, -0.2) is 0 Å². The highest BCUT2D eigenvalue weighted by atomic mass is 32.1. The molecule has 1 aromatic heterocycles. The second-order valence-corrected chi connectivity index (χ2v) is 9.85. The second-order valence-electron chi connectivity index (χ2n) is 8.76. The highest BCUT2D eigenvalue weighted by Crippen LogP contribution is 2.41. The lowest BCUT2D eigenvalue weighted by atomic mass is 9.95. The predicted octanol–water partition coefficient (Wildman–Crippen LogP) is 9.30. The molecule has 0 radical (unpaired) electrons. The Morgan fingerprint density at radius 2 is 1.50 bits per heavy atom. The van der Waals surface area contributed by atoms with E-state index in [0.29, 0.717) is 0 Å². The first-order valence-electron chi connectivity index (χ1n) is 11.9. The first-order chi connectivity index (χ1) is 15.8. The Morgan fingerprint density at radius 3 is 2.31 bits per heavy atom. The van der Waals surface area contributed by atoms with Gasteiger partial charge in [-0.2, -0.15) is 0 Å². The molecule has 0 aliphatic heterocycles. The molecule has 0 saturated heterocycles. The van der Waals surface area contributed by atoms with E-state index in [1.807, 2.05) is 11.3 Å². The van der Waals surface area contributed by atoms with E-state index in [1.165, 1.54) is 80.8 Å². The van der Waals surface area contributed by atoms with Crippen LogP contribution in [0.3, 0.4) is 0 Å². The van der Waals surface area contributed by atoms with Gasteiger partial charge in [0.25, 0.3) is 0 Å². The van der Waals surface area contributed by atoms with Crippen LogP contribution in [0.5, 0.6) is 0 Å². The van der Waals surface area contributed by atoms with Crippen molar-refractivity contribution in [3.8, 4) is 21.6 Å². The summed E-state index contributed by atoms with van der Waals surface area (Å²) in [5, 5.41) is 0. The topological polar surface area (TPSA) is 0 Å². The lowest BCUT2D eigenvalue weighted by Crippen LogP contribution is -1.89. The van der Waals surface area contributed by atoms with Gasteiger partial charge in [-0.3, -0.25) is 0 Å². The lowest BCUT2D eigenvalue weighted by molar-refractivity contribution is 0.667. The van der Waals surface area contributed by atoms with Crippen LogP contribution in [0.25, 0.3) is 33.2 Å². The van der Waals surface area contributed by atoms with E-state index in [-0.39, 0.29) is 0 Å². The van der Waals surface area contributed by atoms with E-state index in [9.17, 15) is 0 Å². The van der Waals surface area contributed by atoms with Crippen LogP contribution in [0.2, 0.25) is 0 Å². The molecule has 0 nitrogen and oxygen atoms in total. The van der Waals surface area contributed by atoms with Crippen molar-refractivity contribution in [2.24, 2.45) is 0 Å². The highest BCUT2D eigenvalue weighted by Gasteiger charge is 2.19. The average molecular weight is 435 g/mol. The summed E-state index contributed by atoms with van der Waals surface area (Å²) in [4.78, 5) is 2.72. The van der Waals surface area contributed by atoms with Crippen LogP contribution in [0.1, 0.15) is 54.2 Å². The zero-order valence-corrected chi connectivity index (χ0v) is 19.6. The number of hydrogen-bond donors (Lipinski definition) is 0. The number of fused-ring (bicyclic) bond motifs is 1. The fraction of sp³-hybridized carbons (Fsp3) is 0.226. The third-order valence-electron chi connectivity index (χ3n) is 6.46. The fourth-order valence-electron chi connectivity index (χ4n) is 4.65. The van der Waals surface area contributed by atoms with Crippen LogP contribution in [0, 0.1) is 0 Å². The standard InChI is InChI=1S/C31H30S/c1-2-3-4-6-10-23-15-17-24(18-16-23)28-14-9-13-26-21-27(22-29(26)28)31-20-19-30(32-31)25-11-7-5-8-12-25/h5,7-9,11-20,22H,2-4,6,10,21H2,1H3. The van der Waals surface area contributed by atoms with Crippen LogP contribution in [-0.4, -0.2) is 0 Å². The van der Waals surface area contributed by atoms with Crippen molar-refractivity contribution in [3.05, 3.63) is 106 Å². The van der Waals surface area contributed by atoms with Crippen molar-refractivity contribution in [2.45, 2.75) is 45.4 Å². The van der Waals surface area contributed by atoms with Gasteiger partial charge in [-0.1, -0.05) is 99.0 Å². The summed E-state index contributed by atoms with van der Waals surface area (Å²) in [5.74, 6) is 0. The van der Waals surface area contributed by atoms with Crippen molar-refractivity contribution in [3.63, 3.8) is 0 Å². The van der Waals surface area contributed by atoms with Crippen molar-refractivity contribution in [2.75, 3.05) is 0 Å². The summed E-state index contributed by atoms with van der Waals surface area (Å²) < 4.78 is 0. The summed E-state index contributed by atoms with van der Waals surface area (Å²) in [5.41, 5.74) is 9.72. The number of aryl methyl sites for hydroxylation is 1. The van der Waals surface area contributed by atoms with Crippen molar-refractivity contribution >= 4 is 23.0 Å². The first kappa shape index (κ1) is 21.0. The Labute approximate surface area is 196 Å². The summed E-state index contributed by atoms with van der Waals surface area (Å²) >= 11 is 1.90. The molecule has 4 aromatic rings. The molecule has 0 saturated carbocycles. The van der Waals surface area contributed by atoms with Crippen LogP contribution in [0.4, 0.5) is 0 Å². The third-order valence-corrected chi connectivity index (χ3v) is 7.67. The Kier molecular flexibility index (Phi) is 6.36. The molecular weight excluding hydrogens is 404 g/mol. The number of allylic oxidation sites excluding steroid dienone is 1. The van der Waals surface area contributed by atoms with Crippen LogP contribution in [0.15, 0.2) is 84.9 Å². The zero-order chi connectivity index (χ0) is 21.8. The molecule has 1 heterocycles. The van der Waals surface area contributed by atoms with Crippen LogP contribution >= 0.6 is 11.3 Å². The smallest absolute Gasteiger partial charge is 0.0349 e. The molecule has 0 amide bonds. The van der Waals surface area contributed by atoms with Gasteiger partial charge in [0.15, 0.2) is 0 Å². The molecule has 160 valence electrons. The maximum atomic E-state index is 2.42. The molecule has 0 N–H and O–H groups in total. The maximum absolute atomic E-state index is 2.42. The fourth-order valence-corrected chi connectivity index (χ4v) is 5.68. The number of benzene rings is 3. The minimum atomic E-state index is 1.02. The molecular formula is C31H30S. The van der Waals surface area contributed by atoms with Crippen LogP contribution < -0.4 is 0 Å². The van der Waals surface area contributed by atoms with Crippen LogP contribution in [-0.2, 0) is 12.8 Å². The minimum Gasteiger partial charge on any atom is -0.136 e. The van der Waals surface area contributed by atoms with Gasteiger partial charge in [-0.15, -0.1) is 11.3 Å². The third kappa shape index (κ3) is 4.49. The number of hydrogen-bond acceptors (Lipinski definition) is 1. The average Bonchev–Trinajstić information content (AvgIpc) is 3.50. The molecule has 1 heteroatoms. The molecule has 0 fully saturated rings. The predicted molar refractivity (Wildman–Crippen MR) is 141 cm³/mol. The van der Waals surface area contributed by atoms with Crippen molar-refractivity contribution < 1.29 is 0 Å². The van der Waals surface area contributed by atoms with E-state index in [0.717, 1.165) is 6.42 Å². The Bertz CT molecular complexity index is 1210. The van der Waals surface area contributed by atoms with Gasteiger partial charge >= 0.3 is 0 Å². The monoisotopic (exact) mass is 434 g/mol. The Morgan fingerprint density at radius 1 is 0.688 bits per heavy atom. The molecule has 0 atom stereocenters. The Balaban J connectivity index is 1.37. The number of rotatable bonds is 8. The largest absolute Gasteiger partial charge is 0.136 e. The van der Waals surface area contributed by atoms with E-state index >= 15 is 0 Å². The summed E-state index contributed by atoms with van der Waals surface area (Å²) in [6.45, 7) is 2.27. The van der Waals surface area contributed by atoms with Crippen molar-refractivity contribution in [1.82, 2.24) is 0 Å². The number of thiophene rings is 1. The molecule has 3 aromatic carbocycles. The van der Waals surface area contributed by atoms with Crippen molar-refractivity contribution in [1.29, 1.82) is 0 Å². The summed E-state index contributed by atoms with van der Waals surface area (Å²) in [6, 6.07) is 31.3. The normalized spacial score (nSPS) is 12.6. The summed E-state index contributed by atoms with van der Waals surface area (Å²) in [6.07, 6.45) is 9.92. The van der Waals surface area contributed by atoms with Gasteiger partial charge < -0.3 is 0 Å². The zero-order valence-electron chi connectivity index (χ0n) is 18.8. The molecule has 32 heavy (non-hydrogen) atoms. The molecule has 0 bridgehead atoms. The van der Waals surface area contributed by atoms with E-state index in [1.54, 1.807) is 0 Å². The summed E-state index contributed by atoms with van der Waals surface area (Å²) in [7, 11) is 0.